The highest BCUT2D eigenvalue weighted by atomic mass is 32.2. The molecule has 0 aliphatic heterocycles. The van der Waals surface area contributed by atoms with E-state index in [2.05, 4.69) is 14.8 Å². The molecule has 1 amide bonds. The zero-order chi connectivity index (χ0) is 14.6. The van der Waals surface area contributed by atoms with Gasteiger partial charge in [-0.1, -0.05) is 11.8 Å². The fourth-order valence-electron chi connectivity index (χ4n) is 2.86. The lowest BCUT2D eigenvalue weighted by Crippen LogP contribution is -2.56. The molecule has 1 atom stereocenters. The lowest BCUT2D eigenvalue weighted by Gasteiger charge is -2.25. The quantitative estimate of drug-likeness (QED) is 0.737. The number of hydrogen-bond acceptors (Lipinski definition) is 5. The lowest BCUT2D eigenvalue weighted by molar-refractivity contribution is -0.123. The Morgan fingerprint density at radius 2 is 1.95 bits per heavy atom. The standard InChI is InChI=1S/C14H21N5OS/c15-12(20)14(16,9-3-4-9)7-21-13-18-17-11(8-1-2-8)19(13)10-5-6-10/h8-10H,1-7,16H2,(H2,15,20). The number of aromatic nitrogens is 3. The maximum atomic E-state index is 11.7. The van der Waals surface area contributed by atoms with E-state index in [9.17, 15) is 4.79 Å². The number of amides is 1. The number of carbonyl (C=O) groups excluding carboxylic acids is 1. The fourth-order valence-corrected chi connectivity index (χ4v) is 4.08. The molecule has 7 heteroatoms. The zero-order valence-corrected chi connectivity index (χ0v) is 12.8. The van der Waals surface area contributed by atoms with Gasteiger partial charge in [0, 0.05) is 17.7 Å². The number of nitrogens with zero attached hydrogens (tertiary/aromatic N) is 3. The Balaban J connectivity index is 1.53. The second-order valence-electron chi connectivity index (χ2n) is 6.68. The van der Waals surface area contributed by atoms with Crippen molar-refractivity contribution in [3.8, 4) is 0 Å². The van der Waals surface area contributed by atoms with Gasteiger partial charge in [0.25, 0.3) is 0 Å². The molecule has 3 aliphatic rings. The number of nitrogens with two attached hydrogens (primary N) is 2. The number of rotatable bonds is 7. The van der Waals surface area contributed by atoms with Gasteiger partial charge in [0.05, 0.1) is 0 Å². The first kappa shape index (κ1) is 13.6. The molecule has 0 aromatic carbocycles. The van der Waals surface area contributed by atoms with Crippen LogP contribution in [0.25, 0.3) is 0 Å². The Bertz CT molecular complexity index is 576. The SMILES string of the molecule is NC(=O)C(N)(CSc1nnc(C2CC2)n1C1CC1)C1CC1. The van der Waals surface area contributed by atoms with Crippen LogP contribution in [0.3, 0.4) is 0 Å². The molecule has 0 saturated heterocycles. The second kappa shape index (κ2) is 4.71. The highest BCUT2D eigenvalue weighted by molar-refractivity contribution is 7.99. The summed E-state index contributed by atoms with van der Waals surface area (Å²) in [6, 6.07) is 0.555. The van der Waals surface area contributed by atoms with E-state index in [0.29, 0.717) is 17.7 Å². The lowest BCUT2D eigenvalue weighted by atomic mass is 9.96. The Morgan fingerprint density at radius 1 is 1.24 bits per heavy atom. The van der Waals surface area contributed by atoms with E-state index in [0.717, 1.165) is 23.8 Å². The Labute approximate surface area is 128 Å². The highest BCUT2D eigenvalue weighted by Gasteiger charge is 2.47. The number of carbonyl (C=O) groups is 1. The van der Waals surface area contributed by atoms with Gasteiger partial charge < -0.3 is 16.0 Å². The van der Waals surface area contributed by atoms with Crippen molar-refractivity contribution in [3.63, 3.8) is 0 Å². The van der Waals surface area contributed by atoms with E-state index < -0.39 is 11.4 Å². The third kappa shape index (κ3) is 2.46. The van der Waals surface area contributed by atoms with Crippen LogP contribution in [-0.4, -0.2) is 32.0 Å². The summed E-state index contributed by atoms with van der Waals surface area (Å²) in [7, 11) is 0. The monoisotopic (exact) mass is 307 g/mol. The molecular weight excluding hydrogens is 286 g/mol. The maximum absolute atomic E-state index is 11.7. The zero-order valence-electron chi connectivity index (χ0n) is 12.0. The molecule has 3 saturated carbocycles. The summed E-state index contributed by atoms with van der Waals surface area (Å²) in [5.41, 5.74) is 10.9. The van der Waals surface area contributed by atoms with E-state index in [1.165, 1.54) is 25.7 Å². The average molecular weight is 307 g/mol. The molecule has 0 radical (unpaired) electrons. The van der Waals surface area contributed by atoms with Crippen molar-refractivity contribution in [1.29, 1.82) is 0 Å². The molecule has 4 N–H and O–H groups in total. The van der Waals surface area contributed by atoms with Crippen LogP contribution in [0, 0.1) is 5.92 Å². The van der Waals surface area contributed by atoms with E-state index in [1.807, 2.05) is 0 Å². The number of hydrogen-bond donors (Lipinski definition) is 2. The largest absolute Gasteiger partial charge is 0.368 e. The average Bonchev–Trinajstić information content (AvgIpc) is 3.33. The molecular formula is C14H21N5OS. The van der Waals surface area contributed by atoms with Crippen molar-refractivity contribution in [2.75, 3.05) is 5.75 Å². The van der Waals surface area contributed by atoms with Gasteiger partial charge in [-0.2, -0.15) is 0 Å². The molecule has 3 aliphatic carbocycles. The van der Waals surface area contributed by atoms with Crippen LogP contribution in [-0.2, 0) is 4.79 Å². The van der Waals surface area contributed by atoms with Crippen LogP contribution in [0.4, 0.5) is 0 Å². The first-order chi connectivity index (χ1) is 10.1. The van der Waals surface area contributed by atoms with Crippen LogP contribution in [0.1, 0.15) is 56.3 Å². The van der Waals surface area contributed by atoms with E-state index in [4.69, 9.17) is 11.5 Å². The summed E-state index contributed by atoms with van der Waals surface area (Å²) in [5.74, 6) is 2.07. The van der Waals surface area contributed by atoms with Gasteiger partial charge in [-0.3, -0.25) is 4.79 Å². The van der Waals surface area contributed by atoms with Crippen molar-refractivity contribution in [1.82, 2.24) is 14.8 Å². The summed E-state index contributed by atoms with van der Waals surface area (Å²) >= 11 is 1.55. The van der Waals surface area contributed by atoms with Gasteiger partial charge in [0.1, 0.15) is 11.4 Å². The number of thioether (sulfide) groups is 1. The summed E-state index contributed by atoms with van der Waals surface area (Å²) < 4.78 is 2.29. The molecule has 6 nitrogen and oxygen atoms in total. The van der Waals surface area contributed by atoms with Crippen LogP contribution >= 0.6 is 11.8 Å². The minimum Gasteiger partial charge on any atom is -0.368 e. The molecule has 21 heavy (non-hydrogen) atoms. The van der Waals surface area contributed by atoms with Crippen LogP contribution < -0.4 is 11.5 Å². The molecule has 0 bridgehead atoms. The fraction of sp³-hybridized carbons (Fsp3) is 0.786. The molecule has 0 spiro atoms. The Kier molecular flexibility index (Phi) is 3.04. The van der Waals surface area contributed by atoms with Gasteiger partial charge in [-0.25, -0.2) is 0 Å². The van der Waals surface area contributed by atoms with Gasteiger partial charge in [0.2, 0.25) is 5.91 Å². The summed E-state index contributed by atoms with van der Waals surface area (Å²) in [5, 5.41) is 9.64. The third-order valence-electron chi connectivity index (χ3n) is 4.75. The Hall–Kier alpha value is -1.08. The van der Waals surface area contributed by atoms with Crippen molar-refractivity contribution in [3.05, 3.63) is 5.82 Å². The van der Waals surface area contributed by atoms with Crippen LogP contribution in [0.5, 0.6) is 0 Å². The molecule has 1 aromatic rings. The van der Waals surface area contributed by atoms with Gasteiger partial charge in [-0.05, 0) is 44.4 Å². The van der Waals surface area contributed by atoms with Crippen molar-refractivity contribution >= 4 is 17.7 Å². The topological polar surface area (TPSA) is 99.8 Å². The maximum Gasteiger partial charge on any atom is 0.238 e. The van der Waals surface area contributed by atoms with Gasteiger partial charge >= 0.3 is 0 Å². The third-order valence-corrected chi connectivity index (χ3v) is 5.91. The minimum absolute atomic E-state index is 0.239. The number of primary amides is 1. The first-order valence-corrected chi connectivity index (χ1v) is 8.74. The van der Waals surface area contributed by atoms with Crippen LogP contribution in [0.2, 0.25) is 0 Å². The minimum atomic E-state index is -0.898. The second-order valence-corrected chi connectivity index (χ2v) is 7.63. The molecule has 1 unspecified atom stereocenters. The van der Waals surface area contributed by atoms with Crippen molar-refractivity contribution in [2.24, 2.45) is 17.4 Å². The van der Waals surface area contributed by atoms with E-state index in [1.54, 1.807) is 11.8 Å². The van der Waals surface area contributed by atoms with E-state index in [-0.39, 0.29) is 5.92 Å². The van der Waals surface area contributed by atoms with E-state index >= 15 is 0 Å². The van der Waals surface area contributed by atoms with Crippen molar-refractivity contribution < 1.29 is 4.79 Å². The molecule has 4 rings (SSSR count). The molecule has 1 heterocycles. The van der Waals surface area contributed by atoms with Gasteiger partial charge in [0.15, 0.2) is 5.16 Å². The van der Waals surface area contributed by atoms with Gasteiger partial charge in [-0.15, -0.1) is 10.2 Å². The summed E-state index contributed by atoms with van der Waals surface area (Å²) in [4.78, 5) is 11.7. The molecule has 1 aromatic heterocycles. The summed E-state index contributed by atoms with van der Waals surface area (Å²) in [6.07, 6.45) is 6.86. The normalized spacial score (nSPS) is 24.8. The van der Waals surface area contributed by atoms with Crippen molar-refractivity contribution in [2.45, 2.75) is 61.2 Å². The molecule has 3 fully saturated rings. The Morgan fingerprint density at radius 3 is 2.48 bits per heavy atom. The predicted octanol–water partition coefficient (Wildman–Crippen LogP) is 1.18. The predicted molar refractivity (Wildman–Crippen MR) is 79.8 cm³/mol. The summed E-state index contributed by atoms with van der Waals surface area (Å²) in [6.45, 7) is 0. The highest BCUT2D eigenvalue weighted by Crippen LogP contribution is 2.47. The van der Waals surface area contributed by atoms with Crippen LogP contribution in [0.15, 0.2) is 5.16 Å². The molecule has 114 valence electrons. The smallest absolute Gasteiger partial charge is 0.238 e. The first-order valence-electron chi connectivity index (χ1n) is 7.76.